The maximum absolute atomic E-state index is 8.96. The van der Waals surface area contributed by atoms with Crippen molar-refractivity contribution in [2.45, 2.75) is 19.6 Å². The SMILES string of the molecule is OCc1ccc(CCNCc2ccc(Br)s2)cc1. The Labute approximate surface area is 120 Å². The average Bonchev–Trinajstić information content (AvgIpc) is 2.81. The lowest BCUT2D eigenvalue weighted by Crippen LogP contribution is -2.15. The standard InChI is InChI=1S/C14H16BrNOS/c15-14-6-5-13(18-14)9-16-8-7-11-1-3-12(10-17)4-2-11/h1-6,16-17H,7-10H2. The highest BCUT2D eigenvalue weighted by Crippen LogP contribution is 2.21. The number of thiophene rings is 1. The van der Waals surface area contributed by atoms with E-state index in [2.05, 4.69) is 45.5 Å². The van der Waals surface area contributed by atoms with Crippen LogP contribution in [0.4, 0.5) is 0 Å². The van der Waals surface area contributed by atoms with Crippen LogP contribution in [0.15, 0.2) is 40.2 Å². The molecule has 96 valence electrons. The van der Waals surface area contributed by atoms with Crippen LogP contribution in [-0.4, -0.2) is 11.7 Å². The van der Waals surface area contributed by atoms with E-state index in [0.717, 1.165) is 25.1 Å². The summed E-state index contributed by atoms with van der Waals surface area (Å²) in [7, 11) is 0. The number of halogens is 1. The zero-order chi connectivity index (χ0) is 12.8. The predicted octanol–water partition coefficient (Wildman–Crippen LogP) is 3.34. The lowest BCUT2D eigenvalue weighted by atomic mass is 10.1. The van der Waals surface area contributed by atoms with Crippen molar-refractivity contribution >= 4 is 27.3 Å². The van der Waals surface area contributed by atoms with Crippen LogP contribution in [0.25, 0.3) is 0 Å². The van der Waals surface area contributed by atoms with Crippen molar-refractivity contribution in [3.63, 3.8) is 0 Å². The molecule has 0 saturated carbocycles. The highest BCUT2D eigenvalue weighted by molar-refractivity contribution is 9.11. The van der Waals surface area contributed by atoms with Crippen molar-refractivity contribution < 1.29 is 5.11 Å². The summed E-state index contributed by atoms with van der Waals surface area (Å²) < 4.78 is 1.18. The molecule has 0 bridgehead atoms. The zero-order valence-corrected chi connectivity index (χ0v) is 12.4. The Morgan fingerprint density at radius 1 is 1.06 bits per heavy atom. The van der Waals surface area contributed by atoms with Gasteiger partial charge in [-0.05, 0) is 52.2 Å². The van der Waals surface area contributed by atoms with Crippen LogP contribution in [0.3, 0.4) is 0 Å². The summed E-state index contributed by atoms with van der Waals surface area (Å²) in [6.45, 7) is 2.00. The molecule has 4 heteroatoms. The molecule has 0 aliphatic carbocycles. The van der Waals surface area contributed by atoms with Crippen LogP contribution in [-0.2, 0) is 19.6 Å². The number of aliphatic hydroxyl groups is 1. The minimum Gasteiger partial charge on any atom is -0.392 e. The fraction of sp³-hybridized carbons (Fsp3) is 0.286. The molecule has 0 saturated heterocycles. The van der Waals surface area contributed by atoms with E-state index >= 15 is 0 Å². The number of aliphatic hydroxyl groups excluding tert-OH is 1. The molecule has 0 aliphatic heterocycles. The predicted molar refractivity (Wildman–Crippen MR) is 79.8 cm³/mol. The summed E-state index contributed by atoms with van der Waals surface area (Å²) in [6, 6.07) is 12.3. The van der Waals surface area contributed by atoms with Crippen LogP contribution in [0.5, 0.6) is 0 Å². The first kappa shape index (κ1) is 13.7. The van der Waals surface area contributed by atoms with Crippen LogP contribution in [0, 0.1) is 0 Å². The third-order valence-corrected chi connectivity index (χ3v) is 4.35. The molecule has 1 aromatic carbocycles. The van der Waals surface area contributed by atoms with Crippen molar-refractivity contribution in [1.29, 1.82) is 0 Å². The molecule has 2 aromatic rings. The molecule has 0 spiro atoms. The second kappa shape index (κ2) is 7.04. The summed E-state index contributed by atoms with van der Waals surface area (Å²) in [5.74, 6) is 0. The van der Waals surface area contributed by atoms with Crippen molar-refractivity contribution in [1.82, 2.24) is 5.32 Å². The van der Waals surface area contributed by atoms with Gasteiger partial charge in [-0.25, -0.2) is 0 Å². The summed E-state index contributed by atoms with van der Waals surface area (Å²) in [4.78, 5) is 1.34. The molecule has 2 nitrogen and oxygen atoms in total. The van der Waals surface area contributed by atoms with Gasteiger partial charge >= 0.3 is 0 Å². The van der Waals surface area contributed by atoms with Crippen LogP contribution in [0.2, 0.25) is 0 Å². The minimum absolute atomic E-state index is 0.117. The van der Waals surface area contributed by atoms with Crippen LogP contribution in [0.1, 0.15) is 16.0 Å². The van der Waals surface area contributed by atoms with Gasteiger partial charge in [0.25, 0.3) is 0 Å². The van der Waals surface area contributed by atoms with Crippen LogP contribution < -0.4 is 5.32 Å². The van der Waals surface area contributed by atoms with E-state index in [4.69, 9.17) is 5.11 Å². The van der Waals surface area contributed by atoms with E-state index in [1.54, 1.807) is 11.3 Å². The van der Waals surface area contributed by atoms with E-state index in [1.165, 1.54) is 14.2 Å². The third-order valence-electron chi connectivity index (χ3n) is 2.72. The fourth-order valence-electron chi connectivity index (χ4n) is 1.70. The highest BCUT2D eigenvalue weighted by Gasteiger charge is 1.98. The maximum atomic E-state index is 8.96. The van der Waals surface area contributed by atoms with Gasteiger partial charge in [-0.2, -0.15) is 0 Å². The molecule has 18 heavy (non-hydrogen) atoms. The molecule has 1 heterocycles. The molecule has 1 aromatic heterocycles. The molecule has 2 N–H and O–H groups in total. The van der Waals surface area contributed by atoms with Crippen molar-refractivity contribution in [2.24, 2.45) is 0 Å². The topological polar surface area (TPSA) is 32.3 Å². The van der Waals surface area contributed by atoms with E-state index < -0.39 is 0 Å². The molecule has 0 unspecified atom stereocenters. The Bertz CT molecular complexity index is 481. The Morgan fingerprint density at radius 3 is 2.39 bits per heavy atom. The van der Waals surface area contributed by atoms with Gasteiger partial charge in [0, 0.05) is 11.4 Å². The van der Waals surface area contributed by atoms with E-state index in [-0.39, 0.29) is 6.61 Å². The summed E-state index contributed by atoms with van der Waals surface area (Å²) in [6.07, 6.45) is 1.01. The highest BCUT2D eigenvalue weighted by atomic mass is 79.9. The van der Waals surface area contributed by atoms with Gasteiger partial charge < -0.3 is 10.4 Å². The maximum Gasteiger partial charge on any atom is 0.0701 e. The van der Waals surface area contributed by atoms with Crippen LogP contribution >= 0.6 is 27.3 Å². The van der Waals surface area contributed by atoms with E-state index in [0.29, 0.717) is 0 Å². The molecule has 0 radical (unpaired) electrons. The monoisotopic (exact) mass is 325 g/mol. The molecule has 0 amide bonds. The van der Waals surface area contributed by atoms with Gasteiger partial charge in [0.15, 0.2) is 0 Å². The zero-order valence-electron chi connectivity index (χ0n) is 10.0. The largest absolute Gasteiger partial charge is 0.392 e. The van der Waals surface area contributed by atoms with Crippen molar-refractivity contribution in [3.8, 4) is 0 Å². The average molecular weight is 326 g/mol. The minimum atomic E-state index is 0.117. The lowest BCUT2D eigenvalue weighted by Gasteiger charge is -2.04. The number of rotatable bonds is 6. The molecule has 0 aliphatic rings. The Hall–Kier alpha value is -0.680. The van der Waals surface area contributed by atoms with Gasteiger partial charge in [0.1, 0.15) is 0 Å². The lowest BCUT2D eigenvalue weighted by molar-refractivity contribution is 0.282. The van der Waals surface area contributed by atoms with Gasteiger partial charge in [0.05, 0.1) is 10.4 Å². The summed E-state index contributed by atoms with van der Waals surface area (Å²) in [5, 5.41) is 12.4. The number of nitrogens with one attached hydrogen (secondary N) is 1. The molecule has 2 rings (SSSR count). The smallest absolute Gasteiger partial charge is 0.0701 e. The first-order valence-corrected chi connectivity index (χ1v) is 7.52. The second-order valence-electron chi connectivity index (χ2n) is 4.11. The van der Waals surface area contributed by atoms with Gasteiger partial charge in [-0.1, -0.05) is 24.3 Å². The number of hydrogen-bond donors (Lipinski definition) is 2. The first-order chi connectivity index (χ1) is 8.78. The second-order valence-corrected chi connectivity index (χ2v) is 6.65. The molecular formula is C14H16BrNOS. The van der Waals surface area contributed by atoms with Crippen molar-refractivity contribution in [2.75, 3.05) is 6.54 Å². The number of benzene rings is 1. The molecular weight excluding hydrogens is 310 g/mol. The Kier molecular flexibility index (Phi) is 5.38. The number of hydrogen-bond acceptors (Lipinski definition) is 3. The normalized spacial score (nSPS) is 10.8. The van der Waals surface area contributed by atoms with Crippen molar-refractivity contribution in [3.05, 3.63) is 56.2 Å². The fourth-order valence-corrected chi connectivity index (χ4v) is 3.16. The quantitative estimate of drug-likeness (QED) is 0.798. The van der Waals surface area contributed by atoms with E-state index in [9.17, 15) is 0 Å². The summed E-state index contributed by atoms with van der Waals surface area (Å²) in [5.41, 5.74) is 2.27. The van der Waals surface area contributed by atoms with Gasteiger partial charge in [-0.15, -0.1) is 11.3 Å². The van der Waals surface area contributed by atoms with Gasteiger partial charge in [-0.3, -0.25) is 0 Å². The third kappa shape index (κ3) is 4.21. The Morgan fingerprint density at radius 2 is 1.78 bits per heavy atom. The van der Waals surface area contributed by atoms with E-state index in [1.807, 2.05) is 12.1 Å². The summed E-state index contributed by atoms with van der Waals surface area (Å²) >= 11 is 5.23. The van der Waals surface area contributed by atoms with Gasteiger partial charge in [0.2, 0.25) is 0 Å². The Balaban J connectivity index is 1.71. The molecule has 0 fully saturated rings. The first-order valence-electron chi connectivity index (χ1n) is 5.91. The molecule has 0 atom stereocenters.